The fourth-order valence-corrected chi connectivity index (χ4v) is 2.98. The molecule has 0 bridgehead atoms. The van der Waals surface area contributed by atoms with E-state index in [1.54, 1.807) is 18.7 Å². The molecule has 124 valence electrons. The third-order valence-corrected chi connectivity index (χ3v) is 4.25. The number of benzene rings is 1. The summed E-state index contributed by atoms with van der Waals surface area (Å²) in [7, 11) is 0. The Morgan fingerprint density at radius 3 is 2.83 bits per heavy atom. The summed E-state index contributed by atoms with van der Waals surface area (Å²) in [6, 6.07) is 9.79. The second kappa shape index (κ2) is 7.83. The molecule has 0 aliphatic rings. The minimum atomic E-state index is -0.114. The molecule has 3 aromatic rings. The molecule has 24 heavy (non-hydrogen) atoms. The van der Waals surface area contributed by atoms with Crippen LogP contribution in [0.5, 0.6) is 0 Å². The lowest BCUT2D eigenvalue weighted by Gasteiger charge is -2.11. The van der Waals surface area contributed by atoms with Gasteiger partial charge >= 0.3 is 0 Å². The summed E-state index contributed by atoms with van der Waals surface area (Å²) in [5.41, 5.74) is 1.48. The normalized spacial score (nSPS) is 10.7. The van der Waals surface area contributed by atoms with Crippen LogP contribution in [0.2, 0.25) is 0 Å². The Balaban J connectivity index is 1.67. The van der Waals surface area contributed by atoms with Gasteiger partial charge in [0.15, 0.2) is 5.16 Å². The number of hydrogen-bond donors (Lipinski definition) is 1. The van der Waals surface area contributed by atoms with Crippen molar-refractivity contribution in [1.82, 2.24) is 24.4 Å². The van der Waals surface area contributed by atoms with E-state index < -0.39 is 0 Å². The molecule has 0 radical (unpaired) electrons. The number of carbonyl (C=O) groups excluding carboxylic acids is 1. The van der Waals surface area contributed by atoms with E-state index in [1.807, 2.05) is 51.9 Å². The number of nitrogens with zero attached hydrogens (tertiary/aromatic N) is 4. The standard InChI is InChI=1S/C17H19N5OS/c1-24-17-20-12-15(22(17)14-6-3-2-4-7-14)16(23)19-8-5-10-21-11-9-18-13-21/h2-4,6-7,9,11-13H,5,8,10H2,1H3,(H,19,23). The van der Waals surface area contributed by atoms with E-state index >= 15 is 0 Å². The Morgan fingerprint density at radius 2 is 2.12 bits per heavy atom. The Kier molecular flexibility index (Phi) is 5.32. The summed E-state index contributed by atoms with van der Waals surface area (Å²) in [6.45, 7) is 1.43. The zero-order valence-corrected chi connectivity index (χ0v) is 14.2. The highest BCUT2D eigenvalue weighted by Crippen LogP contribution is 2.21. The highest BCUT2D eigenvalue weighted by molar-refractivity contribution is 7.98. The van der Waals surface area contributed by atoms with Gasteiger partial charge in [-0.3, -0.25) is 9.36 Å². The van der Waals surface area contributed by atoms with Gasteiger partial charge in [0.05, 0.1) is 12.5 Å². The molecule has 1 amide bonds. The van der Waals surface area contributed by atoms with Crippen molar-refractivity contribution in [3.05, 3.63) is 60.9 Å². The van der Waals surface area contributed by atoms with Crippen LogP contribution in [0.15, 0.2) is 60.4 Å². The Labute approximate surface area is 144 Å². The first-order chi connectivity index (χ1) is 11.8. The second-order valence-electron chi connectivity index (χ2n) is 5.21. The van der Waals surface area contributed by atoms with Crippen LogP contribution in [0.25, 0.3) is 5.69 Å². The molecule has 0 atom stereocenters. The summed E-state index contributed by atoms with van der Waals surface area (Å²) >= 11 is 1.52. The monoisotopic (exact) mass is 341 g/mol. The van der Waals surface area contributed by atoms with Crippen molar-refractivity contribution < 1.29 is 4.79 Å². The van der Waals surface area contributed by atoms with Crippen molar-refractivity contribution in [3.8, 4) is 5.69 Å². The summed E-state index contributed by atoms with van der Waals surface area (Å²) in [5, 5.41) is 3.76. The number of aromatic nitrogens is 4. The predicted molar refractivity (Wildman–Crippen MR) is 94.5 cm³/mol. The van der Waals surface area contributed by atoms with Crippen molar-refractivity contribution in [3.63, 3.8) is 0 Å². The SMILES string of the molecule is CSc1ncc(C(=O)NCCCn2ccnc2)n1-c1ccccc1. The molecule has 7 heteroatoms. The quantitative estimate of drug-likeness (QED) is 0.530. The Morgan fingerprint density at radius 1 is 1.29 bits per heavy atom. The van der Waals surface area contributed by atoms with Gasteiger partial charge in [0.25, 0.3) is 5.91 Å². The van der Waals surface area contributed by atoms with Crippen molar-refractivity contribution in [2.45, 2.75) is 18.1 Å². The van der Waals surface area contributed by atoms with Crippen LogP contribution < -0.4 is 5.32 Å². The van der Waals surface area contributed by atoms with E-state index in [9.17, 15) is 4.79 Å². The molecule has 1 N–H and O–H groups in total. The molecular weight excluding hydrogens is 322 g/mol. The molecular formula is C17H19N5OS. The lowest BCUT2D eigenvalue weighted by molar-refractivity contribution is 0.0945. The highest BCUT2D eigenvalue weighted by Gasteiger charge is 2.17. The van der Waals surface area contributed by atoms with Gasteiger partial charge in [-0.25, -0.2) is 9.97 Å². The molecule has 0 fully saturated rings. The van der Waals surface area contributed by atoms with Gasteiger partial charge < -0.3 is 9.88 Å². The molecule has 0 saturated carbocycles. The minimum Gasteiger partial charge on any atom is -0.351 e. The Hall–Kier alpha value is -2.54. The maximum atomic E-state index is 12.5. The average Bonchev–Trinajstić information content (AvgIpc) is 3.28. The molecule has 0 aliphatic carbocycles. The predicted octanol–water partition coefficient (Wildman–Crippen LogP) is 2.61. The number of hydrogen-bond acceptors (Lipinski definition) is 4. The van der Waals surface area contributed by atoms with Crippen LogP contribution in [-0.4, -0.2) is 37.8 Å². The van der Waals surface area contributed by atoms with Gasteiger partial charge in [0, 0.05) is 31.2 Å². The van der Waals surface area contributed by atoms with Gasteiger partial charge in [-0.05, 0) is 24.8 Å². The van der Waals surface area contributed by atoms with Gasteiger partial charge in [0.1, 0.15) is 5.69 Å². The van der Waals surface area contributed by atoms with Crippen LogP contribution in [-0.2, 0) is 6.54 Å². The molecule has 6 nitrogen and oxygen atoms in total. The number of para-hydroxylation sites is 1. The second-order valence-corrected chi connectivity index (χ2v) is 5.98. The van der Waals surface area contributed by atoms with E-state index in [-0.39, 0.29) is 5.91 Å². The molecule has 2 aromatic heterocycles. The number of nitrogens with one attached hydrogen (secondary N) is 1. The Bertz CT molecular complexity index is 783. The van der Waals surface area contributed by atoms with Crippen LogP contribution in [0.3, 0.4) is 0 Å². The zero-order chi connectivity index (χ0) is 16.8. The van der Waals surface area contributed by atoms with Crippen LogP contribution in [0, 0.1) is 0 Å². The number of aryl methyl sites for hydroxylation is 1. The van der Waals surface area contributed by atoms with Crippen molar-refractivity contribution >= 4 is 17.7 Å². The lowest BCUT2D eigenvalue weighted by atomic mass is 10.3. The highest BCUT2D eigenvalue weighted by atomic mass is 32.2. The number of amides is 1. The lowest BCUT2D eigenvalue weighted by Crippen LogP contribution is -2.27. The number of imidazole rings is 2. The summed E-state index contributed by atoms with van der Waals surface area (Å²) < 4.78 is 3.88. The minimum absolute atomic E-state index is 0.114. The molecule has 1 aromatic carbocycles. The van der Waals surface area contributed by atoms with Crippen LogP contribution in [0.4, 0.5) is 0 Å². The number of carbonyl (C=O) groups is 1. The van der Waals surface area contributed by atoms with E-state index in [0.29, 0.717) is 12.2 Å². The van der Waals surface area contributed by atoms with E-state index in [1.165, 1.54) is 11.8 Å². The fraction of sp³-hybridized carbons (Fsp3) is 0.235. The van der Waals surface area contributed by atoms with E-state index in [2.05, 4.69) is 15.3 Å². The largest absolute Gasteiger partial charge is 0.351 e. The van der Waals surface area contributed by atoms with Crippen molar-refractivity contribution in [2.24, 2.45) is 0 Å². The smallest absolute Gasteiger partial charge is 0.269 e. The molecule has 0 unspecified atom stereocenters. The average molecular weight is 341 g/mol. The summed E-state index contributed by atoms with van der Waals surface area (Å²) in [5.74, 6) is -0.114. The van der Waals surface area contributed by atoms with Crippen LogP contribution >= 0.6 is 11.8 Å². The third-order valence-electron chi connectivity index (χ3n) is 3.60. The third kappa shape index (κ3) is 3.68. The summed E-state index contributed by atoms with van der Waals surface area (Å²) in [4.78, 5) is 20.9. The van der Waals surface area contributed by atoms with Crippen molar-refractivity contribution in [1.29, 1.82) is 0 Å². The van der Waals surface area contributed by atoms with Gasteiger partial charge in [-0.15, -0.1) is 0 Å². The van der Waals surface area contributed by atoms with Crippen molar-refractivity contribution in [2.75, 3.05) is 12.8 Å². The maximum absolute atomic E-state index is 12.5. The van der Waals surface area contributed by atoms with Gasteiger partial charge in [-0.2, -0.15) is 0 Å². The van der Waals surface area contributed by atoms with E-state index in [0.717, 1.165) is 23.8 Å². The molecule has 3 rings (SSSR count). The summed E-state index contributed by atoms with van der Waals surface area (Å²) in [6.07, 6.45) is 9.87. The topological polar surface area (TPSA) is 64.7 Å². The molecule has 0 aliphatic heterocycles. The maximum Gasteiger partial charge on any atom is 0.269 e. The molecule has 2 heterocycles. The first-order valence-electron chi connectivity index (χ1n) is 7.70. The number of thioether (sulfide) groups is 1. The van der Waals surface area contributed by atoms with Gasteiger partial charge in [0.2, 0.25) is 0 Å². The zero-order valence-electron chi connectivity index (χ0n) is 13.4. The molecule has 0 saturated heterocycles. The van der Waals surface area contributed by atoms with Gasteiger partial charge in [-0.1, -0.05) is 30.0 Å². The first kappa shape index (κ1) is 16.3. The first-order valence-corrected chi connectivity index (χ1v) is 8.93. The molecule has 0 spiro atoms. The van der Waals surface area contributed by atoms with E-state index in [4.69, 9.17) is 0 Å². The van der Waals surface area contributed by atoms with Crippen LogP contribution in [0.1, 0.15) is 16.9 Å². The fourth-order valence-electron chi connectivity index (χ4n) is 2.44. The number of rotatable bonds is 7.